The summed E-state index contributed by atoms with van der Waals surface area (Å²) in [5.41, 5.74) is 0. The molecule has 1 saturated heterocycles. The SMILES string of the molecule is CCCCCCCCCCCCCCCCCC(=O)OCC1CNC(=O)O1. The highest BCUT2D eigenvalue weighted by molar-refractivity contribution is 5.70. The normalized spacial score (nSPS) is 16.2. The lowest BCUT2D eigenvalue weighted by molar-refractivity contribution is -0.146. The number of esters is 1. The maximum atomic E-state index is 11.6. The first-order chi connectivity index (χ1) is 13.2. The van der Waals surface area contributed by atoms with Gasteiger partial charge in [-0.25, -0.2) is 4.79 Å². The third-order valence-electron chi connectivity index (χ3n) is 5.16. The molecule has 0 radical (unpaired) electrons. The minimum atomic E-state index is -0.432. The molecule has 1 aliphatic rings. The molecule has 1 unspecified atom stereocenters. The van der Waals surface area contributed by atoms with Crippen molar-refractivity contribution in [3.8, 4) is 0 Å². The van der Waals surface area contributed by atoms with Gasteiger partial charge < -0.3 is 14.8 Å². The molecule has 1 heterocycles. The van der Waals surface area contributed by atoms with Gasteiger partial charge in [-0.05, 0) is 6.42 Å². The van der Waals surface area contributed by atoms with E-state index in [0.29, 0.717) is 13.0 Å². The highest BCUT2D eigenvalue weighted by atomic mass is 16.6. The fraction of sp³-hybridized carbons (Fsp3) is 0.909. The molecule has 0 saturated carbocycles. The zero-order valence-corrected chi connectivity index (χ0v) is 17.4. The fourth-order valence-electron chi connectivity index (χ4n) is 3.42. The van der Waals surface area contributed by atoms with Crippen LogP contribution in [0.2, 0.25) is 0 Å². The van der Waals surface area contributed by atoms with Gasteiger partial charge in [-0.15, -0.1) is 0 Å². The van der Waals surface area contributed by atoms with Crippen LogP contribution in [0.1, 0.15) is 110 Å². The van der Waals surface area contributed by atoms with Crippen molar-refractivity contribution in [3.05, 3.63) is 0 Å². The monoisotopic (exact) mass is 383 g/mol. The Morgan fingerprint density at radius 1 is 0.889 bits per heavy atom. The van der Waals surface area contributed by atoms with Gasteiger partial charge in [0.2, 0.25) is 0 Å². The Balaban J connectivity index is 1.73. The van der Waals surface area contributed by atoms with E-state index < -0.39 is 6.09 Å². The van der Waals surface area contributed by atoms with Crippen LogP contribution in [-0.4, -0.2) is 31.3 Å². The molecule has 0 spiro atoms. The lowest BCUT2D eigenvalue weighted by Crippen LogP contribution is -2.22. The number of hydrogen-bond donors (Lipinski definition) is 1. The van der Waals surface area contributed by atoms with E-state index in [1.165, 1.54) is 83.5 Å². The molecule has 158 valence electrons. The molecule has 1 rings (SSSR count). The van der Waals surface area contributed by atoms with Gasteiger partial charge in [0.15, 0.2) is 6.10 Å². The molecule has 5 heteroatoms. The van der Waals surface area contributed by atoms with Gasteiger partial charge in [0.05, 0.1) is 6.54 Å². The molecule has 1 N–H and O–H groups in total. The number of amides is 1. The van der Waals surface area contributed by atoms with Gasteiger partial charge in [0, 0.05) is 6.42 Å². The van der Waals surface area contributed by atoms with Crippen LogP contribution < -0.4 is 5.32 Å². The van der Waals surface area contributed by atoms with Crippen LogP contribution in [0, 0.1) is 0 Å². The average molecular weight is 384 g/mol. The summed E-state index contributed by atoms with van der Waals surface area (Å²) in [5.74, 6) is -0.187. The standard InChI is InChI=1S/C22H41NO4/c1-2-3-4-5-6-7-8-9-10-11-12-13-14-15-16-17-21(24)26-19-20-18-23-22(25)27-20/h20H,2-19H2,1H3,(H,23,25). The van der Waals surface area contributed by atoms with Crippen molar-refractivity contribution >= 4 is 12.1 Å². The number of carbonyl (C=O) groups excluding carboxylic acids is 2. The molecule has 0 aromatic carbocycles. The summed E-state index contributed by atoms with van der Waals surface area (Å²) in [7, 11) is 0. The Kier molecular flexibility index (Phi) is 14.9. The lowest BCUT2D eigenvalue weighted by atomic mass is 10.0. The summed E-state index contributed by atoms with van der Waals surface area (Å²) < 4.78 is 10.1. The van der Waals surface area contributed by atoms with Gasteiger partial charge in [-0.3, -0.25) is 4.79 Å². The van der Waals surface area contributed by atoms with Crippen molar-refractivity contribution < 1.29 is 19.1 Å². The number of rotatable bonds is 18. The van der Waals surface area contributed by atoms with Gasteiger partial charge in [0.1, 0.15) is 6.61 Å². The smallest absolute Gasteiger partial charge is 0.407 e. The highest BCUT2D eigenvalue weighted by Gasteiger charge is 2.23. The van der Waals surface area contributed by atoms with E-state index in [-0.39, 0.29) is 18.7 Å². The molecular weight excluding hydrogens is 342 g/mol. The van der Waals surface area contributed by atoms with Crippen LogP contribution in [-0.2, 0) is 14.3 Å². The predicted octanol–water partition coefficient (Wildman–Crippen LogP) is 5.90. The fourth-order valence-corrected chi connectivity index (χ4v) is 3.42. The van der Waals surface area contributed by atoms with Crippen LogP contribution in [0.25, 0.3) is 0 Å². The highest BCUT2D eigenvalue weighted by Crippen LogP contribution is 2.14. The molecule has 1 fully saturated rings. The second-order valence-electron chi connectivity index (χ2n) is 7.79. The maximum Gasteiger partial charge on any atom is 0.407 e. The third kappa shape index (κ3) is 14.5. The van der Waals surface area contributed by atoms with Crippen LogP contribution in [0.15, 0.2) is 0 Å². The van der Waals surface area contributed by atoms with E-state index in [9.17, 15) is 9.59 Å². The van der Waals surface area contributed by atoms with Gasteiger partial charge >= 0.3 is 12.1 Å². The topological polar surface area (TPSA) is 64.6 Å². The van der Waals surface area contributed by atoms with E-state index in [4.69, 9.17) is 9.47 Å². The first-order valence-corrected chi connectivity index (χ1v) is 11.3. The summed E-state index contributed by atoms with van der Waals surface area (Å²) in [6, 6.07) is 0. The number of nitrogens with one attached hydrogen (secondary N) is 1. The molecule has 1 atom stereocenters. The van der Waals surface area contributed by atoms with Crippen LogP contribution in [0.5, 0.6) is 0 Å². The Morgan fingerprint density at radius 3 is 1.81 bits per heavy atom. The molecule has 0 aromatic rings. The van der Waals surface area contributed by atoms with Gasteiger partial charge in [-0.2, -0.15) is 0 Å². The molecule has 0 aliphatic carbocycles. The number of hydrogen-bond acceptors (Lipinski definition) is 4. The van der Waals surface area contributed by atoms with Crippen molar-refractivity contribution in [1.82, 2.24) is 5.32 Å². The largest absolute Gasteiger partial charge is 0.462 e. The Morgan fingerprint density at radius 2 is 1.37 bits per heavy atom. The first-order valence-electron chi connectivity index (χ1n) is 11.3. The number of unbranched alkanes of at least 4 members (excludes halogenated alkanes) is 14. The van der Waals surface area contributed by atoms with E-state index in [2.05, 4.69) is 12.2 Å². The third-order valence-corrected chi connectivity index (χ3v) is 5.16. The minimum absolute atomic E-state index is 0.163. The molecule has 1 aliphatic heterocycles. The summed E-state index contributed by atoms with van der Waals surface area (Å²) in [4.78, 5) is 22.5. The number of cyclic esters (lactones) is 1. The zero-order chi connectivity index (χ0) is 19.6. The van der Waals surface area contributed by atoms with E-state index in [0.717, 1.165) is 12.8 Å². The summed E-state index contributed by atoms with van der Waals surface area (Å²) in [5, 5.41) is 2.54. The first kappa shape index (κ1) is 23.8. The lowest BCUT2D eigenvalue weighted by Gasteiger charge is -2.08. The van der Waals surface area contributed by atoms with E-state index >= 15 is 0 Å². The quantitative estimate of drug-likeness (QED) is 0.236. The Labute approximate surface area is 165 Å². The minimum Gasteiger partial charge on any atom is -0.462 e. The summed E-state index contributed by atoms with van der Waals surface area (Å²) >= 11 is 0. The number of ether oxygens (including phenoxy) is 2. The molecule has 0 aromatic heterocycles. The van der Waals surface area contributed by atoms with Crippen molar-refractivity contribution in [2.45, 2.75) is 116 Å². The van der Waals surface area contributed by atoms with Crippen molar-refractivity contribution in [3.63, 3.8) is 0 Å². The summed E-state index contributed by atoms with van der Waals surface area (Å²) in [6.45, 7) is 2.85. The molecule has 1 amide bonds. The van der Waals surface area contributed by atoms with Gasteiger partial charge in [-0.1, -0.05) is 96.8 Å². The average Bonchev–Trinajstić information content (AvgIpc) is 3.08. The van der Waals surface area contributed by atoms with Gasteiger partial charge in [0.25, 0.3) is 0 Å². The van der Waals surface area contributed by atoms with Crippen molar-refractivity contribution in [2.24, 2.45) is 0 Å². The second kappa shape index (κ2) is 16.9. The summed E-state index contributed by atoms with van der Waals surface area (Å²) in [6.07, 6.45) is 19.4. The molecule has 0 bridgehead atoms. The van der Waals surface area contributed by atoms with Crippen LogP contribution in [0.4, 0.5) is 4.79 Å². The van der Waals surface area contributed by atoms with Crippen molar-refractivity contribution in [1.29, 1.82) is 0 Å². The second-order valence-corrected chi connectivity index (χ2v) is 7.79. The molecule has 27 heavy (non-hydrogen) atoms. The molecule has 5 nitrogen and oxygen atoms in total. The maximum absolute atomic E-state index is 11.6. The Hall–Kier alpha value is -1.26. The van der Waals surface area contributed by atoms with E-state index in [1.54, 1.807) is 0 Å². The predicted molar refractivity (Wildman–Crippen MR) is 109 cm³/mol. The van der Waals surface area contributed by atoms with E-state index in [1.807, 2.05) is 0 Å². The number of carbonyl (C=O) groups is 2. The zero-order valence-electron chi connectivity index (χ0n) is 17.4. The van der Waals surface area contributed by atoms with Crippen molar-refractivity contribution in [2.75, 3.05) is 13.2 Å². The van der Waals surface area contributed by atoms with Crippen LogP contribution in [0.3, 0.4) is 0 Å². The Bertz CT molecular complexity index is 387. The molecular formula is C22H41NO4. The van der Waals surface area contributed by atoms with Crippen LogP contribution >= 0.6 is 0 Å². The number of alkyl carbamates (subject to hydrolysis) is 1.